The van der Waals surface area contributed by atoms with Crippen molar-refractivity contribution in [2.45, 2.75) is 13.2 Å². The van der Waals surface area contributed by atoms with Crippen LogP contribution in [0.5, 0.6) is 0 Å². The molecule has 2 rings (SSSR count). The van der Waals surface area contributed by atoms with E-state index in [1.165, 1.54) is 14.9 Å². The fraction of sp³-hybridized carbons (Fsp3) is 0.231. The van der Waals surface area contributed by atoms with Gasteiger partial charge in [-0.2, -0.15) is 0 Å². The van der Waals surface area contributed by atoms with Crippen LogP contribution >= 0.6 is 27.3 Å². The largest absolute Gasteiger partial charge is 0.381 e. The molecule has 4 heteroatoms. The lowest BCUT2D eigenvalue weighted by atomic mass is 10.2. The van der Waals surface area contributed by atoms with Crippen LogP contribution in [0.25, 0.3) is 0 Å². The fourth-order valence-electron chi connectivity index (χ4n) is 1.58. The van der Waals surface area contributed by atoms with Gasteiger partial charge in [0.1, 0.15) is 0 Å². The Morgan fingerprint density at radius 3 is 2.88 bits per heavy atom. The molecule has 1 aromatic heterocycles. The second-order valence-corrected chi connectivity index (χ2v) is 6.04. The second kappa shape index (κ2) is 6.19. The summed E-state index contributed by atoms with van der Waals surface area (Å²) in [5.74, 6) is 0. The molecule has 1 N–H and O–H groups in total. The molecular weight excluding hydrogens is 298 g/mol. The third-order valence-electron chi connectivity index (χ3n) is 2.36. The monoisotopic (exact) mass is 311 g/mol. The minimum Gasteiger partial charge on any atom is -0.381 e. The second-order valence-electron chi connectivity index (χ2n) is 3.75. The summed E-state index contributed by atoms with van der Waals surface area (Å²) in [4.78, 5) is 0. The number of anilines is 1. The molecule has 0 saturated carbocycles. The molecule has 0 atom stereocenters. The molecule has 1 aromatic carbocycles. The van der Waals surface area contributed by atoms with Gasteiger partial charge in [0, 0.05) is 19.3 Å². The first kappa shape index (κ1) is 12.6. The highest BCUT2D eigenvalue weighted by Crippen LogP contribution is 2.21. The maximum Gasteiger partial charge on any atom is 0.0713 e. The highest BCUT2D eigenvalue weighted by Gasteiger charge is 1.98. The van der Waals surface area contributed by atoms with Gasteiger partial charge in [0.2, 0.25) is 0 Å². The van der Waals surface area contributed by atoms with Crippen molar-refractivity contribution in [3.05, 3.63) is 50.6 Å². The molecule has 2 nitrogen and oxygen atoms in total. The molecule has 0 saturated heterocycles. The number of halogens is 1. The summed E-state index contributed by atoms with van der Waals surface area (Å²) < 4.78 is 6.29. The van der Waals surface area contributed by atoms with Gasteiger partial charge in [-0.25, -0.2) is 0 Å². The van der Waals surface area contributed by atoms with Gasteiger partial charge in [-0.05, 0) is 50.6 Å². The van der Waals surface area contributed by atoms with E-state index in [0.717, 1.165) is 12.2 Å². The minimum absolute atomic E-state index is 0.652. The van der Waals surface area contributed by atoms with Crippen molar-refractivity contribution >= 4 is 33.0 Å². The van der Waals surface area contributed by atoms with Crippen molar-refractivity contribution in [2.75, 3.05) is 12.4 Å². The van der Waals surface area contributed by atoms with E-state index in [0.29, 0.717) is 6.61 Å². The summed E-state index contributed by atoms with van der Waals surface area (Å²) in [6.07, 6.45) is 0. The Morgan fingerprint density at radius 2 is 2.18 bits per heavy atom. The molecule has 0 fully saturated rings. The molecule has 0 aliphatic carbocycles. The molecule has 0 amide bonds. The number of hydrogen-bond acceptors (Lipinski definition) is 3. The Balaban J connectivity index is 1.96. The van der Waals surface area contributed by atoms with Crippen LogP contribution in [0.1, 0.15) is 11.1 Å². The molecule has 1 heterocycles. The zero-order valence-corrected chi connectivity index (χ0v) is 12.0. The first-order chi connectivity index (χ1) is 8.28. The highest BCUT2D eigenvalue weighted by molar-refractivity contribution is 9.11. The molecule has 0 unspecified atom stereocenters. The molecule has 90 valence electrons. The van der Waals surface area contributed by atoms with Gasteiger partial charge in [-0.15, -0.1) is 11.3 Å². The minimum atomic E-state index is 0.652. The van der Waals surface area contributed by atoms with Crippen molar-refractivity contribution in [3.63, 3.8) is 0 Å². The summed E-state index contributed by atoms with van der Waals surface area (Å²) in [6, 6.07) is 10.4. The maximum absolute atomic E-state index is 5.12. The Kier molecular flexibility index (Phi) is 4.59. The molecule has 0 bridgehead atoms. The lowest BCUT2D eigenvalue weighted by Gasteiger charge is -2.07. The number of methoxy groups -OCH3 is 1. The Hall–Kier alpha value is -0.840. The summed E-state index contributed by atoms with van der Waals surface area (Å²) in [5, 5.41) is 5.55. The predicted molar refractivity (Wildman–Crippen MR) is 76.5 cm³/mol. The standard InChI is InChI=1S/C13H14BrNOS/c1-16-8-10-3-2-4-12(5-10)15-7-11-6-13(14)17-9-11/h2-6,9,15H,7-8H2,1H3. The SMILES string of the molecule is COCc1cccc(NCc2csc(Br)c2)c1. The van der Waals surface area contributed by atoms with Crippen molar-refractivity contribution in [1.82, 2.24) is 0 Å². The van der Waals surface area contributed by atoms with Crippen LogP contribution in [-0.4, -0.2) is 7.11 Å². The van der Waals surface area contributed by atoms with Gasteiger partial charge in [0.15, 0.2) is 0 Å². The van der Waals surface area contributed by atoms with Crippen LogP contribution in [0, 0.1) is 0 Å². The first-order valence-electron chi connectivity index (χ1n) is 5.32. The van der Waals surface area contributed by atoms with E-state index >= 15 is 0 Å². The molecule has 0 aliphatic rings. The van der Waals surface area contributed by atoms with E-state index in [-0.39, 0.29) is 0 Å². The quantitative estimate of drug-likeness (QED) is 0.890. The van der Waals surface area contributed by atoms with E-state index in [2.05, 4.69) is 50.9 Å². The number of rotatable bonds is 5. The van der Waals surface area contributed by atoms with Crippen LogP contribution in [0.2, 0.25) is 0 Å². The molecular formula is C13H14BrNOS. The van der Waals surface area contributed by atoms with E-state index in [9.17, 15) is 0 Å². The number of ether oxygens (including phenoxy) is 1. The normalized spacial score (nSPS) is 10.5. The van der Waals surface area contributed by atoms with Gasteiger partial charge < -0.3 is 10.1 Å². The third kappa shape index (κ3) is 3.84. The van der Waals surface area contributed by atoms with Gasteiger partial charge in [0.25, 0.3) is 0 Å². The number of benzene rings is 1. The third-order valence-corrected chi connectivity index (χ3v) is 3.91. The van der Waals surface area contributed by atoms with Crippen LogP contribution in [0.4, 0.5) is 5.69 Å². The zero-order valence-electron chi connectivity index (χ0n) is 9.57. The summed E-state index contributed by atoms with van der Waals surface area (Å²) >= 11 is 5.17. The lowest BCUT2D eigenvalue weighted by molar-refractivity contribution is 0.185. The van der Waals surface area contributed by atoms with Gasteiger partial charge in [-0.1, -0.05) is 12.1 Å². The van der Waals surface area contributed by atoms with E-state index in [1.807, 2.05) is 6.07 Å². The molecule has 2 aromatic rings. The van der Waals surface area contributed by atoms with Crippen LogP contribution in [0.15, 0.2) is 39.5 Å². The summed E-state index contributed by atoms with van der Waals surface area (Å²) in [7, 11) is 1.71. The average Bonchev–Trinajstić information content (AvgIpc) is 2.74. The lowest BCUT2D eigenvalue weighted by Crippen LogP contribution is -1.98. The molecule has 0 spiro atoms. The van der Waals surface area contributed by atoms with Gasteiger partial charge in [-0.3, -0.25) is 0 Å². The molecule has 0 aliphatic heterocycles. The van der Waals surface area contributed by atoms with Crippen molar-refractivity contribution < 1.29 is 4.74 Å². The number of hydrogen-bond donors (Lipinski definition) is 1. The number of nitrogens with one attached hydrogen (secondary N) is 1. The molecule has 17 heavy (non-hydrogen) atoms. The maximum atomic E-state index is 5.12. The fourth-order valence-corrected chi connectivity index (χ4v) is 2.79. The Labute approximate surface area is 114 Å². The van der Waals surface area contributed by atoms with E-state index in [4.69, 9.17) is 4.74 Å². The topological polar surface area (TPSA) is 21.3 Å². The average molecular weight is 312 g/mol. The van der Waals surface area contributed by atoms with Crippen molar-refractivity contribution in [3.8, 4) is 0 Å². The van der Waals surface area contributed by atoms with Crippen LogP contribution < -0.4 is 5.32 Å². The zero-order chi connectivity index (χ0) is 12.1. The van der Waals surface area contributed by atoms with E-state index < -0.39 is 0 Å². The Bertz CT molecular complexity index is 484. The smallest absolute Gasteiger partial charge is 0.0713 e. The number of thiophene rings is 1. The summed E-state index contributed by atoms with van der Waals surface area (Å²) in [5.41, 5.74) is 3.60. The van der Waals surface area contributed by atoms with E-state index in [1.54, 1.807) is 18.4 Å². The predicted octanol–water partition coefficient (Wildman–Crippen LogP) is 4.27. The first-order valence-corrected chi connectivity index (χ1v) is 7.00. The van der Waals surface area contributed by atoms with Crippen LogP contribution in [0.3, 0.4) is 0 Å². The van der Waals surface area contributed by atoms with Crippen molar-refractivity contribution in [1.29, 1.82) is 0 Å². The Morgan fingerprint density at radius 1 is 1.29 bits per heavy atom. The highest BCUT2D eigenvalue weighted by atomic mass is 79.9. The van der Waals surface area contributed by atoms with Gasteiger partial charge >= 0.3 is 0 Å². The van der Waals surface area contributed by atoms with Crippen molar-refractivity contribution in [2.24, 2.45) is 0 Å². The van der Waals surface area contributed by atoms with Gasteiger partial charge in [0.05, 0.1) is 10.4 Å². The summed E-state index contributed by atoms with van der Waals surface area (Å²) in [6.45, 7) is 1.50. The van der Waals surface area contributed by atoms with Crippen LogP contribution in [-0.2, 0) is 17.9 Å². The molecule has 0 radical (unpaired) electrons.